The molecule has 0 saturated carbocycles. The van der Waals surface area contributed by atoms with E-state index in [-0.39, 0.29) is 37.1 Å². The van der Waals surface area contributed by atoms with Gasteiger partial charge in [-0.2, -0.15) is 18.2 Å². The van der Waals surface area contributed by atoms with Gasteiger partial charge in [0.15, 0.2) is 0 Å². The molecule has 3 amide bonds. The number of halogens is 3. The number of hydrogen-bond acceptors (Lipinski definition) is 5. The average molecular weight is 648 g/mol. The Hall–Kier alpha value is -3.91. The lowest BCUT2D eigenvalue weighted by atomic mass is 10.1. The van der Waals surface area contributed by atoms with Crippen LogP contribution >= 0.6 is 0 Å². The van der Waals surface area contributed by atoms with Gasteiger partial charge in [-0.3, -0.25) is 19.1 Å². The quantitative estimate of drug-likeness (QED) is 0.150. The summed E-state index contributed by atoms with van der Waals surface area (Å²) in [5.41, 5.74) is 0.961. The maximum atomic E-state index is 13.4. The number of urea groups is 1. The van der Waals surface area contributed by atoms with Crippen LogP contribution in [-0.2, 0) is 33.7 Å². The molecule has 0 N–H and O–H groups in total. The second-order valence-corrected chi connectivity index (χ2v) is 17.9. The lowest BCUT2D eigenvalue weighted by Crippen LogP contribution is -2.47. The minimum absolute atomic E-state index is 0.0178. The fourth-order valence-electron chi connectivity index (χ4n) is 5.01. The van der Waals surface area contributed by atoms with Gasteiger partial charge in [-0.1, -0.05) is 25.7 Å². The third-order valence-corrected chi connectivity index (χ3v) is 9.16. The van der Waals surface area contributed by atoms with E-state index in [9.17, 15) is 27.6 Å². The van der Waals surface area contributed by atoms with Crippen LogP contribution in [0.15, 0.2) is 47.5 Å². The highest BCUT2D eigenvalue weighted by atomic mass is 28.3. The summed E-state index contributed by atoms with van der Waals surface area (Å²) in [6.07, 6.45) is -3.44. The molecule has 0 aliphatic carbocycles. The summed E-state index contributed by atoms with van der Waals surface area (Å²) < 4.78 is 55.0. The zero-order valence-corrected chi connectivity index (χ0v) is 27.3. The highest BCUT2D eigenvalue weighted by molar-refractivity contribution is 6.76. The molecule has 0 unspecified atom stereocenters. The normalized spacial score (nSPS) is 14.8. The largest absolute Gasteiger partial charge is 0.466 e. The third kappa shape index (κ3) is 8.63. The number of anilines is 1. The van der Waals surface area contributed by atoms with E-state index in [0.717, 1.165) is 24.6 Å². The fraction of sp³-hybridized carbons (Fsp3) is 0.484. The molecule has 2 heterocycles. The molecule has 10 nitrogen and oxygen atoms in total. The molecule has 1 aliphatic heterocycles. The summed E-state index contributed by atoms with van der Waals surface area (Å²) >= 11 is 0. The van der Waals surface area contributed by atoms with Crippen LogP contribution in [0.5, 0.6) is 0 Å². The van der Waals surface area contributed by atoms with Crippen molar-refractivity contribution in [2.24, 2.45) is 4.99 Å². The van der Waals surface area contributed by atoms with Crippen molar-refractivity contribution < 1.29 is 37.0 Å². The van der Waals surface area contributed by atoms with Crippen LogP contribution in [0.1, 0.15) is 35.7 Å². The average Bonchev–Trinajstić information content (AvgIpc) is 3.25. The van der Waals surface area contributed by atoms with Gasteiger partial charge in [-0.05, 0) is 55.3 Å². The Balaban J connectivity index is 1.86. The number of nitrogens with zero attached hydrogens (tertiary/aromatic N) is 5. The van der Waals surface area contributed by atoms with E-state index in [4.69, 9.17) is 9.47 Å². The van der Waals surface area contributed by atoms with Crippen LogP contribution in [-0.4, -0.2) is 73.4 Å². The van der Waals surface area contributed by atoms with E-state index in [1.165, 1.54) is 19.1 Å². The van der Waals surface area contributed by atoms with Crippen LogP contribution in [0.3, 0.4) is 0 Å². The molecule has 45 heavy (non-hydrogen) atoms. The van der Waals surface area contributed by atoms with Crippen molar-refractivity contribution in [3.8, 4) is 0 Å². The van der Waals surface area contributed by atoms with Gasteiger partial charge in [0.25, 0.3) is 5.91 Å². The van der Waals surface area contributed by atoms with Crippen molar-refractivity contribution in [2.75, 3.05) is 38.3 Å². The van der Waals surface area contributed by atoms with Crippen molar-refractivity contribution in [1.82, 2.24) is 14.0 Å². The molecule has 244 valence electrons. The van der Waals surface area contributed by atoms with Crippen molar-refractivity contribution in [2.45, 2.75) is 64.9 Å². The van der Waals surface area contributed by atoms with Crippen molar-refractivity contribution in [3.63, 3.8) is 0 Å². The van der Waals surface area contributed by atoms with Gasteiger partial charge in [0.2, 0.25) is 5.62 Å². The number of alkyl halides is 3. The molecule has 1 aliphatic rings. The Morgan fingerprint density at radius 1 is 1.00 bits per heavy atom. The van der Waals surface area contributed by atoms with E-state index >= 15 is 0 Å². The fourth-order valence-corrected chi connectivity index (χ4v) is 5.77. The zero-order valence-electron chi connectivity index (χ0n) is 26.3. The molecule has 1 aromatic heterocycles. The minimum Gasteiger partial charge on any atom is -0.466 e. The number of benzene rings is 2. The molecule has 0 spiro atoms. The molecule has 4 rings (SSSR count). The first kappa shape index (κ1) is 34.0. The standard InChI is InChI=1S/C31H40F3N5O5Si/c1-22(40)44-16-8-15-38-26-12-11-25(37-14-7-13-36(2)30(37)42)20-27(26)39(21-43-17-18-45(3,4)5)29(38)35-28(41)23-9-6-10-24(19-23)31(32,33)34/h6,9-12,19-20H,7-8,13-18,21H2,1-5H3. The molecule has 0 bridgehead atoms. The van der Waals surface area contributed by atoms with E-state index in [0.29, 0.717) is 42.8 Å². The van der Waals surface area contributed by atoms with Crippen LogP contribution < -0.4 is 10.5 Å². The number of carbonyl (C=O) groups is 3. The number of ether oxygens (including phenoxy) is 2. The number of carbonyl (C=O) groups excluding carboxylic acids is 3. The first-order valence-corrected chi connectivity index (χ1v) is 18.6. The molecule has 0 radical (unpaired) electrons. The molecule has 14 heteroatoms. The number of hydrogen-bond donors (Lipinski definition) is 0. The Bertz CT molecular complexity index is 1630. The highest BCUT2D eigenvalue weighted by Gasteiger charge is 2.31. The van der Waals surface area contributed by atoms with Crippen molar-refractivity contribution >= 4 is 42.7 Å². The van der Waals surface area contributed by atoms with Gasteiger partial charge >= 0.3 is 18.2 Å². The molecular formula is C31H40F3N5O5Si. The maximum absolute atomic E-state index is 13.4. The van der Waals surface area contributed by atoms with Gasteiger partial charge in [0.05, 0.1) is 23.2 Å². The topological polar surface area (TPSA) is 98.4 Å². The second-order valence-electron chi connectivity index (χ2n) is 12.3. The Kier molecular flexibility index (Phi) is 10.6. The molecule has 0 atom stereocenters. The number of imidazole rings is 1. The molecule has 2 aromatic carbocycles. The molecular weight excluding hydrogens is 607 g/mol. The summed E-state index contributed by atoms with van der Waals surface area (Å²) in [5.74, 6) is -1.28. The van der Waals surface area contributed by atoms with Gasteiger partial charge in [-0.25, -0.2) is 4.79 Å². The van der Waals surface area contributed by atoms with Crippen LogP contribution in [0.2, 0.25) is 25.7 Å². The van der Waals surface area contributed by atoms with E-state index in [2.05, 4.69) is 24.6 Å². The zero-order chi connectivity index (χ0) is 32.9. The lowest BCUT2D eigenvalue weighted by molar-refractivity contribution is -0.141. The Morgan fingerprint density at radius 3 is 2.44 bits per heavy atom. The highest BCUT2D eigenvalue weighted by Crippen LogP contribution is 2.30. The predicted molar refractivity (Wildman–Crippen MR) is 167 cm³/mol. The smallest absolute Gasteiger partial charge is 0.416 e. The minimum atomic E-state index is -4.62. The number of esters is 1. The predicted octanol–water partition coefficient (Wildman–Crippen LogP) is 5.73. The number of amides is 3. The van der Waals surface area contributed by atoms with E-state index in [1.54, 1.807) is 26.0 Å². The SMILES string of the molecule is CC(=O)OCCCn1c(=NC(=O)c2cccc(C(F)(F)F)c2)n(COCC[Si](C)(C)C)c2cc(N3CCCN(C)C3=O)ccc21. The lowest BCUT2D eigenvalue weighted by Gasteiger charge is -2.33. The third-order valence-electron chi connectivity index (χ3n) is 7.45. The van der Waals surface area contributed by atoms with Crippen LogP contribution in [0.25, 0.3) is 11.0 Å². The number of fused-ring (bicyclic) bond motifs is 1. The maximum Gasteiger partial charge on any atom is 0.416 e. The summed E-state index contributed by atoms with van der Waals surface area (Å²) in [4.78, 5) is 45.5. The number of aryl methyl sites for hydroxylation is 1. The van der Waals surface area contributed by atoms with Crippen molar-refractivity contribution in [3.05, 3.63) is 59.2 Å². The first-order chi connectivity index (χ1) is 21.2. The monoisotopic (exact) mass is 647 g/mol. The Morgan fingerprint density at radius 2 is 1.76 bits per heavy atom. The Labute approximate surface area is 261 Å². The first-order valence-electron chi connectivity index (χ1n) is 14.9. The molecule has 1 fully saturated rings. The van der Waals surface area contributed by atoms with Crippen molar-refractivity contribution in [1.29, 1.82) is 0 Å². The summed E-state index contributed by atoms with van der Waals surface area (Å²) in [7, 11) is 0.321. The number of aromatic nitrogens is 2. The van der Waals surface area contributed by atoms with Crippen LogP contribution in [0.4, 0.5) is 23.7 Å². The van der Waals surface area contributed by atoms with Gasteiger partial charge in [0.1, 0.15) is 6.73 Å². The molecule has 3 aromatic rings. The van der Waals surface area contributed by atoms with Gasteiger partial charge in [-0.15, -0.1) is 0 Å². The summed E-state index contributed by atoms with van der Waals surface area (Å²) in [6.45, 7) is 10.1. The number of rotatable bonds is 11. The molecule has 1 saturated heterocycles. The second kappa shape index (κ2) is 14.0. The summed E-state index contributed by atoms with van der Waals surface area (Å²) in [6, 6.07) is 10.4. The van der Waals surface area contributed by atoms with Crippen LogP contribution in [0, 0.1) is 0 Å². The van der Waals surface area contributed by atoms with E-state index in [1.807, 2.05) is 18.2 Å². The van der Waals surface area contributed by atoms with Gasteiger partial charge < -0.3 is 18.9 Å². The van der Waals surface area contributed by atoms with Gasteiger partial charge in [0, 0.05) is 59.5 Å². The summed E-state index contributed by atoms with van der Waals surface area (Å²) in [5, 5.41) is 0. The van der Waals surface area contributed by atoms with E-state index < -0.39 is 31.7 Å².